The molecule has 1 aliphatic heterocycles. The Kier molecular flexibility index (Phi) is 5.79. The minimum Gasteiger partial charge on any atom is -0.404 e. The molecule has 29 heavy (non-hydrogen) atoms. The van der Waals surface area contributed by atoms with E-state index in [-0.39, 0.29) is 12.0 Å². The van der Waals surface area contributed by atoms with E-state index in [2.05, 4.69) is 24.3 Å². The van der Waals surface area contributed by atoms with Crippen molar-refractivity contribution in [2.45, 2.75) is 32.5 Å². The molecule has 4 rings (SSSR count). The molecule has 1 N–H and O–H groups in total. The summed E-state index contributed by atoms with van der Waals surface area (Å²) in [5.41, 5.74) is 4.19. The third kappa shape index (κ3) is 4.12. The van der Waals surface area contributed by atoms with Gasteiger partial charge in [0.1, 0.15) is 0 Å². The highest BCUT2D eigenvalue weighted by Crippen LogP contribution is 2.45. The van der Waals surface area contributed by atoms with Gasteiger partial charge in [0.15, 0.2) is 5.76 Å². The van der Waals surface area contributed by atoms with Crippen molar-refractivity contribution in [3.8, 4) is 0 Å². The molecule has 1 heterocycles. The van der Waals surface area contributed by atoms with Gasteiger partial charge in [-0.15, -0.1) is 5.06 Å². The molecule has 0 unspecified atom stereocenters. The highest BCUT2D eigenvalue weighted by atomic mass is 16.7. The Morgan fingerprint density at radius 3 is 1.97 bits per heavy atom. The number of hydroxylamine groups is 2. The largest absolute Gasteiger partial charge is 0.404 e. The van der Waals surface area contributed by atoms with Gasteiger partial charge in [-0.3, -0.25) is 0 Å². The second-order valence-corrected chi connectivity index (χ2v) is 7.80. The number of nitrogens with zero attached hydrogens (tertiary/aromatic N) is 1. The number of aliphatic hydroxyl groups excluding tert-OH is 1. The molecule has 0 fully saturated rings. The molecule has 3 nitrogen and oxygen atoms in total. The number of rotatable bonds is 6. The molecule has 0 aliphatic carbocycles. The Labute approximate surface area is 172 Å². The van der Waals surface area contributed by atoms with Gasteiger partial charge in [-0.05, 0) is 17.0 Å². The third-order valence-electron chi connectivity index (χ3n) is 5.34. The van der Waals surface area contributed by atoms with Crippen LogP contribution in [0.2, 0.25) is 0 Å². The van der Waals surface area contributed by atoms with Crippen LogP contribution in [0.3, 0.4) is 0 Å². The summed E-state index contributed by atoms with van der Waals surface area (Å²) in [6.45, 7) is 4.72. The van der Waals surface area contributed by atoms with Crippen LogP contribution in [0.5, 0.6) is 0 Å². The van der Waals surface area contributed by atoms with Gasteiger partial charge in [-0.1, -0.05) is 105 Å². The Morgan fingerprint density at radius 2 is 1.38 bits per heavy atom. The standard InChI is InChI=1S/C26H27NO2/c1-19(2)25(28)23-24(21-14-8-4-9-15-21)27(18-20-12-6-3-7-13-20)29-26(23)22-16-10-5-11-17-22/h3-17,19,24-25,28H,18H2,1-2H3/t24-,25+/m1/s1. The molecule has 0 amide bonds. The number of benzene rings is 3. The smallest absolute Gasteiger partial charge is 0.158 e. The molecule has 3 aromatic carbocycles. The second kappa shape index (κ2) is 8.64. The lowest BCUT2D eigenvalue weighted by Crippen LogP contribution is -2.28. The van der Waals surface area contributed by atoms with Crippen LogP contribution in [-0.4, -0.2) is 16.3 Å². The number of aliphatic hydroxyl groups is 1. The zero-order valence-corrected chi connectivity index (χ0v) is 16.9. The molecule has 0 aromatic heterocycles. The van der Waals surface area contributed by atoms with Crippen molar-refractivity contribution in [3.63, 3.8) is 0 Å². The Balaban J connectivity index is 1.82. The van der Waals surface area contributed by atoms with Gasteiger partial charge in [0.05, 0.1) is 18.7 Å². The third-order valence-corrected chi connectivity index (χ3v) is 5.34. The van der Waals surface area contributed by atoms with E-state index in [0.717, 1.165) is 22.5 Å². The molecule has 3 heteroatoms. The number of hydrogen-bond donors (Lipinski definition) is 1. The minimum atomic E-state index is -0.601. The molecule has 0 bridgehead atoms. The fourth-order valence-corrected chi connectivity index (χ4v) is 3.83. The highest BCUT2D eigenvalue weighted by Gasteiger charge is 2.40. The summed E-state index contributed by atoms with van der Waals surface area (Å²) in [5, 5.41) is 13.2. The SMILES string of the molecule is CC(C)[C@H](O)C1=C(c2ccccc2)ON(Cc2ccccc2)[C@@H]1c1ccccc1. The number of hydrogen-bond acceptors (Lipinski definition) is 3. The van der Waals surface area contributed by atoms with E-state index in [0.29, 0.717) is 6.54 Å². The maximum absolute atomic E-state index is 11.2. The van der Waals surface area contributed by atoms with Crippen molar-refractivity contribution in [3.05, 3.63) is 113 Å². The first-order chi connectivity index (χ1) is 14.1. The summed E-state index contributed by atoms with van der Waals surface area (Å²) in [6, 6.07) is 30.5. The minimum absolute atomic E-state index is 0.0789. The molecule has 3 aromatic rings. The fourth-order valence-electron chi connectivity index (χ4n) is 3.83. The topological polar surface area (TPSA) is 32.7 Å². The van der Waals surface area contributed by atoms with Crippen molar-refractivity contribution in [1.82, 2.24) is 5.06 Å². The lowest BCUT2D eigenvalue weighted by Gasteiger charge is -2.27. The highest BCUT2D eigenvalue weighted by molar-refractivity contribution is 5.67. The van der Waals surface area contributed by atoms with Gasteiger partial charge < -0.3 is 9.94 Å². The molecule has 0 saturated heterocycles. The van der Waals surface area contributed by atoms with Crippen molar-refractivity contribution in [2.24, 2.45) is 5.92 Å². The summed E-state index contributed by atoms with van der Waals surface area (Å²) in [7, 11) is 0. The van der Waals surface area contributed by atoms with Gasteiger partial charge in [0.2, 0.25) is 0 Å². The lowest BCUT2D eigenvalue weighted by molar-refractivity contribution is -0.104. The van der Waals surface area contributed by atoms with Crippen LogP contribution in [0.1, 0.15) is 36.6 Å². The summed E-state index contributed by atoms with van der Waals surface area (Å²) >= 11 is 0. The summed E-state index contributed by atoms with van der Waals surface area (Å²) in [4.78, 5) is 6.46. The van der Waals surface area contributed by atoms with E-state index < -0.39 is 6.10 Å². The van der Waals surface area contributed by atoms with Crippen LogP contribution in [0.25, 0.3) is 5.76 Å². The Hall–Kier alpha value is -2.88. The van der Waals surface area contributed by atoms with E-state index in [1.54, 1.807) is 0 Å². The Morgan fingerprint density at radius 1 is 0.828 bits per heavy atom. The maximum atomic E-state index is 11.2. The Bertz CT molecular complexity index is 952. The van der Waals surface area contributed by atoms with E-state index >= 15 is 0 Å². The van der Waals surface area contributed by atoms with Crippen LogP contribution in [0.4, 0.5) is 0 Å². The van der Waals surface area contributed by atoms with Crippen molar-refractivity contribution in [1.29, 1.82) is 0 Å². The van der Waals surface area contributed by atoms with Crippen molar-refractivity contribution >= 4 is 5.76 Å². The second-order valence-electron chi connectivity index (χ2n) is 7.80. The van der Waals surface area contributed by atoms with Gasteiger partial charge in [0.25, 0.3) is 0 Å². The summed E-state index contributed by atoms with van der Waals surface area (Å²) < 4.78 is 0. The van der Waals surface area contributed by atoms with Crippen LogP contribution in [0.15, 0.2) is 96.6 Å². The van der Waals surface area contributed by atoms with Gasteiger partial charge in [0, 0.05) is 11.1 Å². The molecular weight excluding hydrogens is 358 g/mol. The van der Waals surface area contributed by atoms with Gasteiger partial charge in [-0.2, -0.15) is 0 Å². The quantitative estimate of drug-likeness (QED) is 0.599. The molecular formula is C26H27NO2. The lowest BCUT2D eigenvalue weighted by atomic mass is 9.87. The van der Waals surface area contributed by atoms with E-state index in [1.807, 2.05) is 85.6 Å². The first-order valence-electron chi connectivity index (χ1n) is 10.2. The fraction of sp³-hybridized carbons (Fsp3) is 0.231. The zero-order chi connectivity index (χ0) is 20.2. The maximum Gasteiger partial charge on any atom is 0.158 e. The van der Waals surface area contributed by atoms with Gasteiger partial charge >= 0.3 is 0 Å². The van der Waals surface area contributed by atoms with E-state index in [1.165, 1.54) is 5.56 Å². The van der Waals surface area contributed by atoms with E-state index in [9.17, 15) is 5.11 Å². The van der Waals surface area contributed by atoms with Crippen LogP contribution in [-0.2, 0) is 11.4 Å². The molecule has 0 spiro atoms. The predicted molar refractivity (Wildman–Crippen MR) is 116 cm³/mol. The molecule has 1 aliphatic rings. The van der Waals surface area contributed by atoms with Crippen molar-refractivity contribution < 1.29 is 9.94 Å². The van der Waals surface area contributed by atoms with Crippen LogP contribution in [0, 0.1) is 5.92 Å². The van der Waals surface area contributed by atoms with Crippen molar-refractivity contribution in [2.75, 3.05) is 0 Å². The average Bonchev–Trinajstić information content (AvgIpc) is 3.14. The predicted octanol–water partition coefficient (Wildman–Crippen LogP) is 5.60. The van der Waals surface area contributed by atoms with E-state index in [4.69, 9.17) is 4.84 Å². The zero-order valence-electron chi connectivity index (χ0n) is 16.9. The summed E-state index contributed by atoms with van der Waals surface area (Å²) in [5.74, 6) is 0.840. The molecule has 0 radical (unpaired) electrons. The monoisotopic (exact) mass is 385 g/mol. The van der Waals surface area contributed by atoms with Crippen LogP contribution >= 0.6 is 0 Å². The van der Waals surface area contributed by atoms with Crippen LogP contribution < -0.4 is 0 Å². The average molecular weight is 386 g/mol. The molecule has 2 atom stereocenters. The summed E-state index contributed by atoms with van der Waals surface area (Å²) in [6.07, 6.45) is -0.601. The first kappa shape index (κ1) is 19.4. The molecule has 0 saturated carbocycles. The molecule has 148 valence electrons. The normalized spacial score (nSPS) is 18.1. The van der Waals surface area contributed by atoms with Gasteiger partial charge in [-0.25, -0.2) is 0 Å². The first-order valence-corrected chi connectivity index (χ1v) is 10.2.